The van der Waals surface area contributed by atoms with Gasteiger partial charge in [0.15, 0.2) is 0 Å². The van der Waals surface area contributed by atoms with Crippen LogP contribution in [0.4, 0.5) is 13.2 Å². The Morgan fingerprint density at radius 2 is 1.90 bits per heavy atom. The predicted molar refractivity (Wildman–Crippen MR) is 71.6 cm³/mol. The van der Waals surface area contributed by atoms with E-state index in [1.807, 2.05) is 0 Å². The highest BCUT2D eigenvalue weighted by Crippen LogP contribution is 2.32. The molecule has 0 bridgehead atoms. The minimum atomic E-state index is -4.34. The molecular formula is C12H14Cl2F3NO2. The number of hydrogen-bond donors (Lipinski definition) is 1. The van der Waals surface area contributed by atoms with E-state index in [4.69, 9.17) is 27.9 Å². The van der Waals surface area contributed by atoms with Gasteiger partial charge in [-0.1, -0.05) is 23.2 Å². The molecule has 0 aromatic heterocycles. The summed E-state index contributed by atoms with van der Waals surface area (Å²) >= 11 is 11.9. The van der Waals surface area contributed by atoms with Crippen molar-refractivity contribution in [1.29, 1.82) is 0 Å². The molecule has 0 unspecified atom stereocenters. The van der Waals surface area contributed by atoms with Crippen molar-refractivity contribution >= 4 is 23.2 Å². The van der Waals surface area contributed by atoms with Crippen molar-refractivity contribution in [1.82, 2.24) is 5.32 Å². The summed E-state index contributed by atoms with van der Waals surface area (Å²) in [5, 5.41) is 3.69. The van der Waals surface area contributed by atoms with Gasteiger partial charge in [-0.2, -0.15) is 13.2 Å². The first-order valence-corrected chi connectivity index (χ1v) is 6.49. The van der Waals surface area contributed by atoms with E-state index >= 15 is 0 Å². The first-order valence-electron chi connectivity index (χ1n) is 5.73. The standard InChI is InChI=1S/C12H14Cl2F3NO2/c1-18-6-8-4-9(13)5-10(14)11(8)20-3-2-19-7-12(15,16)17/h4-5,18H,2-3,6-7H2,1H3. The van der Waals surface area contributed by atoms with Crippen molar-refractivity contribution in [3.63, 3.8) is 0 Å². The third-order valence-electron chi connectivity index (χ3n) is 2.19. The highest BCUT2D eigenvalue weighted by atomic mass is 35.5. The lowest BCUT2D eigenvalue weighted by Gasteiger charge is -2.14. The van der Waals surface area contributed by atoms with Gasteiger partial charge in [0.2, 0.25) is 0 Å². The molecule has 0 heterocycles. The van der Waals surface area contributed by atoms with Crippen LogP contribution < -0.4 is 10.1 Å². The number of halogens is 5. The van der Waals surface area contributed by atoms with Crippen molar-refractivity contribution < 1.29 is 22.6 Å². The van der Waals surface area contributed by atoms with Crippen LogP contribution in [0.2, 0.25) is 10.0 Å². The minimum absolute atomic E-state index is 0.0336. The number of ether oxygens (including phenoxy) is 2. The van der Waals surface area contributed by atoms with Gasteiger partial charge in [0, 0.05) is 17.1 Å². The Labute approximate surface area is 125 Å². The average molecular weight is 332 g/mol. The molecule has 0 fully saturated rings. The van der Waals surface area contributed by atoms with Crippen LogP contribution in [0.3, 0.4) is 0 Å². The minimum Gasteiger partial charge on any atom is -0.489 e. The number of rotatable bonds is 7. The van der Waals surface area contributed by atoms with Gasteiger partial charge in [-0.25, -0.2) is 0 Å². The molecule has 3 nitrogen and oxygen atoms in total. The van der Waals surface area contributed by atoms with E-state index in [9.17, 15) is 13.2 Å². The summed E-state index contributed by atoms with van der Waals surface area (Å²) in [7, 11) is 1.74. The van der Waals surface area contributed by atoms with Gasteiger partial charge in [0.1, 0.15) is 19.0 Å². The van der Waals surface area contributed by atoms with Crippen molar-refractivity contribution in [2.75, 3.05) is 26.9 Å². The molecule has 1 aromatic carbocycles. The zero-order valence-electron chi connectivity index (χ0n) is 10.7. The lowest BCUT2D eigenvalue weighted by Crippen LogP contribution is -2.19. The second kappa shape index (κ2) is 7.93. The van der Waals surface area contributed by atoms with Crippen molar-refractivity contribution in [2.45, 2.75) is 12.7 Å². The molecule has 114 valence electrons. The Morgan fingerprint density at radius 3 is 2.50 bits per heavy atom. The van der Waals surface area contributed by atoms with Gasteiger partial charge >= 0.3 is 6.18 Å². The van der Waals surface area contributed by atoms with Crippen LogP contribution in [0.5, 0.6) is 5.75 Å². The molecule has 0 amide bonds. The van der Waals surface area contributed by atoms with E-state index in [-0.39, 0.29) is 13.2 Å². The summed E-state index contributed by atoms with van der Waals surface area (Å²) < 4.78 is 45.4. The quantitative estimate of drug-likeness (QED) is 0.773. The van der Waals surface area contributed by atoms with Crippen LogP contribution in [0.25, 0.3) is 0 Å². The first kappa shape index (κ1) is 17.4. The Morgan fingerprint density at radius 1 is 1.20 bits per heavy atom. The fourth-order valence-electron chi connectivity index (χ4n) is 1.49. The number of benzene rings is 1. The summed E-state index contributed by atoms with van der Waals surface area (Å²) in [4.78, 5) is 0. The van der Waals surface area contributed by atoms with Gasteiger partial charge in [-0.3, -0.25) is 0 Å². The van der Waals surface area contributed by atoms with Crippen LogP contribution in [-0.2, 0) is 11.3 Å². The fourth-order valence-corrected chi connectivity index (χ4v) is 2.08. The van der Waals surface area contributed by atoms with Crippen molar-refractivity contribution in [3.05, 3.63) is 27.7 Å². The third-order valence-corrected chi connectivity index (χ3v) is 2.69. The SMILES string of the molecule is CNCc1cc(Cl)cc(Cl)c1OCCOCC(F)(F)F. The predicted octanol–water partition coefficient (Wildman–Crippen LogP) is 3.67. The van der Waals surface area contributed by atoms with Crippen molar-refractivity contribution in [2.24, 2.45) is 0 Å². The maximum atomic E-state index is 11.9. The molecule has 0 aliphatic rings. The average Bonchev–Trinajstić information content (AvgIpc) is 2.30. The lowest BCUT2D eigenvalue weighted by atomic mass is 10.2. The van der Waals surface area contributed by atoms with Crippen LogP contribution in [-0.4, -0.2) is 33.0 Å². The first-order chi connectivity index (χ1) is 9.33. The molecule has 20 heavy (non-hydrogen) atoms. The number of nitrogens with one attached hydrogen (secondary N) is 1. The van der Waals surface area contributed by atoms with Crippen LogP contribution in [0.1, 0.15) is 5.56 Å². The lowest BCUT2D eigenvalue weighted by molar-refractivity contribution is -0.175. The highest BCUT2D eigenvalue weighted by molar-refractivity contribution is 6.35. The van der Waals surface area contributed by atoms with E-state index in [1.54, 1.807) is 13.1 Å². The van der Waals surface area contributed by atoms with Gasteiger partial charge < -0.3 is 14.8 Å². The van der Waals surface area contributed by atoms with Crippen molar-refractivity contribution in [3.8, 4) is 5.75 Å². The Bertz CT molecular complexity index is 441. The largest absolute Gasteiger partial charge is 0.489 e. The second-order valence-electron chi connectivity index (χ2n) is 3.92. The highest BCUT2D eigenvalue weighted by Gasteiger charge is 2.27. The fraction of sp³-hybridized carbons (Fsp3) is 0.500. The molecule has 1 aromatic rings. The van der Waals surface area contributed by atoms with Crippen LogP contribution >= 0.6 is 23.2 Å². The number of alkyl halides is 3. The molecule has 8 heteroatoms. The molecular weight excluding hydrogens is 318 g/mol. The van der Waals surface area contributed by atoms with Gasteiger partial charge in [-0.15, -0.1) is 0 Å². The maximum Gasteiger partial charge on any atom is 0.411 e. The Hall–Kier alpha value is -0.690. The van der Waals surface area contributed by atoms with E-state index in [0.717, 1.165) is 5.56 Å². The van der Waals surface area contributed by atoms with Gasteiger partial charge in [0.05, 0.1) is 11.6 Å². The zero-order valence-corrected chi connectivity index (χ0v) is 12.2. The topological polar surface area (TPSA) is 30.5 Å². The smallest absolute Gasteiger partial charge is 0.411 e. The maximum absolute atomic E-state index is 11.9. The normalized spacial score (nSPS) is 11.7. The summed E-state index contributed by atoms with van der Waals surface area (Å²) in [6, 6.07) is 3.18. The molecule has 1 rings (SSSR count). The Balaban J connectivity index is 2.54. The zero-order chi connectivity index (χ0) is 15.2. The third kappa shape index (κ3) is 6.17. The molecule has 0 saturated carbocycles. The monoisotopic (exact) mass is 331 g/mol. The molecule has 0 aliphatic carbocycles. The molecule has 0 radical (unpaired) electrons. The summed E-state index contributed by atoms with van der Waals surface area (Å²) in [6.45, 7) is -1.04. The van der Waals surface area contributed by atoms with E-state index in [1.165, 1.54) is 6.07 Å². The summed E-state index contributed by atoms with van der Waals surface area (Å²) in [5.74, 6) is 0.390. The number of hydrogen-bond acceptors (Lipinski definition) is 3. The van der Waals surface area contributed by atoms with E-state index in [0.29, 0.717) is 22.3 Å². The molecule has 0 aliphatic heterocycles. The molecule has 0 atom stereocenters. The molecule has 0 spiro atoms. The molecule has 0 saturated heterocycles. The van der Waals surface area contributed by atoms with Crippen LogP contribution in [0, 0.1) is 0 Å². The second-order valence-corrected chi connectivity index (χ2v) is 4.77. The van der Waals surface area contributed by atoms with E-state index in [2.05, 4.69) is 10.1 Å². The van der Waals surface area contributed by atoms with Crippen LogP contribution in [0.15, 0.2) is 12.1 Å². The summed E-state index contributed by atoms with van der Waals surface area (Å²) in [6.07, 6.45) is -4.34. The van der Waals surface area contributed by atoms with E-state index < -0.39 is 12.8 Å². The van der Waals surface area contributed by atoms with Gasteiger partial charge in [-0.05, 0) is 19.2 Å². The Kier molecular flexibility index (Phi) is 6.88. The molecule has 1 N–H and O–H groups in total. The van der Waals surface area contributed by atoms with Gasteiger partial charge in [0.25, 0.3) is 0 Å². The summed E-state index contributed by atoms with van der Waals surface area (Å²) in [5.41, 5.74) is 0.723.